The number of halogens is 2. The Hall–Kier alpha value is -2.05. The van der Waals surface area contributed by atoms with Gasteiger partial charge in [-0.3, -0.25) is 0 Å². The van der Waals surface area contributed by atoms with Gasteiger partial charge in [0.05, 0.1) is 13.2 Å². The van der Waals surface area contributed by atoms with Crippen LogP contribution in [0.4, 0.5) is 8.78 Å². The standard InChI is InChI=1S/C15H23F2N3O2/c1-5-21-12-8-10(6-7-11(12)22-13(16)17)9-19-14(18)20-15(2,3)4/h6-8,13H,5,9H2,1-4H3,(H3,18,19,20). The summed E-state index contributed by atoms with van der Waals surface area (Å²) in [5.41, 5.74) is 6.38. The zero-order valence-corrected chi connectivity index (χ0v) is 13.3. The van der Waals surface area contributed by atoms with E-state index in [4.69, 9.17) is 10.5 Å². The molecule has 5 nitrogen and oxygen atoms in total. The number of benzene rings is 1. The van der Waals surface area contributed by atoms with Gasteiger partial charge in [-0.1, -0.05) is 6.07 Å². The molecular formula is C15H23F2N3O2. The van der Waals surface area contributed by atoms with Crippen LogP contribution in [0.3, 0.4) is 0 Å². The van der Waals surface area contributed by atoms with Gasteiger partial charge in [0.25, 0.3) is 0 Å². The molecule has 1 aromatic rings. The molecular weight excluding hydrogens is 292 g/mol. The van der Waals surface area contributed by atoms with Crippen LogP contribution in [0.1, 0.15) is 33.3 Å². The Morgan fingerprint density at radius 2 is 2.00 bits per heavy atom. The summed E-state index contributed by atoms with van der Waals surface area (Å²) in [5.74, 6) is 0.585. The van der Waals surface area contributed by atoms with Crippen LogP contribution in [0.15, 0.2) is 23.2 Å². The SMILES string of the molecule is CCOc1cc(CN=C(N)NC(C)(C)C)ccc1OC(F)F. The molecule has 22 heavy (non-hydrogen) atoms. The molecule has 0 aliphatic rings. The quantitative estimate of drug-likeness (QED) is 0.625. The second kappa shape index (κ2) is 7.82. The fraction of sp³-hybridized carbons (Fsp3) is 0.533. The van der Waals surface area contributed by atoms with E-state index in [0.717, 1.165) is 5.56 Å². The highest BCUT2D eigenvalue weighted by Gasteiger charge is 2.12. The largest absolute Gasteiger partial charge is 0.490 e. The fourth-order valence-corrected chi connectivity index (χ4v) is 1.71. The zero-order chi connectivity index (χ0) is 16.8. The Bertz CT molecular complexity index is 514. The van der Waals surface area contributed by atoms with Crippen molar-refractivity contribution in [2.24, 2.45) is 10.7 Å². The molecule has 0 spiro atoms. The Morgan fingerprint density at radius 1 is 1.32 bits per heavy atom. The van der Waals surface area contributed by atoms with Crippen molar-refractivity contribution in [1.29, 1.82) is 0 Å². The number of hydrogen-bond acceptors (Lipinski definition) is 3. The van der Waals surface area contributed by atoms with Gasteiger partial charge < -0.3 is 20.5 Å². The van der Waals surface area contributed by atoms with E-state index in [-0.39, 0.29) is 17.0 Å². The van der Waals surface area contributed by atoms with Crippen LogP contribution in [-0.4, -0.2) is 24.7 Å². The molecule has 0 aromatic heterocycles. The van der Waals surface area contributed by atoms with Gasteiger partial charge in [-0.15, -0.1) is 0 Å². The predicted octanol–water partition coefficient (Wildman–Crippen LogP) is 2.89. The van der Waals surface area contributed by atoms with E-state index in [0.29, 0.717) is 19.1 Å². The Labute approximate surface area is 129 Å². The van der Waals surface area contributed by atoms with E-state index < -0.39 is 6.61 Å². The average molecular weight is 315 g/mol. The lowest BCUT2D eigenvalue weighted by atomic mass is 10.1. The van der Waals surface area contributed by atoms with Gasteiger partial charge in [0.1, 0.15) is 0 Å². The van der Waals surface area contributed by atoms with Gasteiger partial charge in [-0.25, -0.2) is 4.99 Å². The van der Waals surface area contributed by atoms with Crippen molar-refractivity contribution >= 4 is 5.96 Å². The predicted molar refractivity (Wildman–Crippen MR) is 82.5 cm³/mol. The van der Waals surface area contributed by atoms with E-state index >= 15 is 0 Å². The summed E-state index contributed by atoms with van der Waals surface area (Å²) in [6, 6.07) is 4.71. The van der Waals surface area contributed by atoms with Crippen molar-refractivity contribution in [3.63, 3.8) is 0 Å². The second-order valence-electron chi connectivity index (χ2n) is 5.67. The first-order chi connectivity index (χ1) is 10.2. The van der Waals surface area contributed by atoms with E-state index in [1.54, 1.807) is 19.1 Å². The minimum atomic E-state index is -2.89. The van der Waals surface area contributed by atoms with Crippen molar-refractivity contribution in [3.8, 4) is 11.5 Å². The lowest BCUT2D eigenvalue weighted by Gasteiger charge is -2.21. The van der Waals surface area contributed by atoms with Crippen LogP contribution < -0.4 is 20.5 Å². The first kappa shape index (κ1) is 18.0. The maximum absolute atomic E-state index is 12.3. The van der Waals surface area contributed by atoms with Crippen LogP contribution in [0, 0.1) is 0 Å². The number of nitrogens with two attached hydrogens (primary N) is 1. The first-order valence-electron chi connectivity index (χ1n) is 7.00. The molecule has 0 amide bonds. The molecule has 0 unspecified atom stereocenters. The molecule has 0 saturated carbocycles. The lowest BCUT2D eigenvalue weighted by molar-refractivity contribution is -0.0514. The molecule has 0 aliphatic carbocycles. The highest BCUT2D eigenvalue weighted by molar-refractivity contribution is 5.78. The molecule has 0 bridgehead atoms. The van der Waals surface area contributed by atoms with Crippen LogP contribution in [-0.2, 0) is 6.54 Å². The second-order valence-corrected chi connectivity index (χ2v) is 5.67. The number of rotatable bonds is 6. The third-order valence-electron chi connectivity index (χ3n) is 2.46. The molecule has 124 valence electrons. The highest BCUT2D eigenvalue weighted by atomic mass is 19.3. The van der Waals surface area contributed by atoms with Crippen LogP contribution in [0.2, 0.25) is 0 Å². The monoisotopic (exact) mass is 315 g/mol. The molecule has 0 aliphatic heterocycles. The van der Waals surface area contributed by atoms with Crippen molar-refractivity contribution < 1.29 is 18.3 Å². The van der Waals surface area contributed by atoms with Crippen molar-refractivity contribution in [1.82, 2.24) is 5.32 Å². The van der Waals surface area contributed by atoms with E-state index in [1.807, 2.05) is 20.8 Å². The third-order valence-corrected chi connectivity index (χ3v) is 2.46. The minimum absolute atomic E-state index is 0.00497. The summed E-state index contributed by atoms with van der Waals surface area (Å²) >= 11 is 0. The smallest absolute Gasteiger partial charge is 0.387 e. The van der Waals surface area contributed by atoms with Crippen molar-refractivity contribution in [3.05, 3.63) is 23.8 Å². The number of guanidine groups is 1. The van der Waals surface area contributed by atoms with E-state index in [2.05, 4.69) is 15.0 Å². The number of aliphatic imine (C=N–C) groups is 1. The Morgan fingerprint density at radius 3 is 2.55 bits per heavy atom. The summed E-state index contributed by atoms with van der Waals surface area (Å²) in [6.07, 6.45) is 0. The Balaban J connectivity index is 2.83. The molecule has 0 atom stereocenters. The number of nitrogens with zero attached hydrogens (tertiary/aromatic N) is 1. The Kier molecular flexibility index (Phi) is 6.39. The summed E-state index contributed by atoms with van der Waals surface area (Å²) in [5, 5.41) is 3.04. The van der Waals surface area contributed by atoms with Crippen LogP contribution in [0.5, 0.6) is 11.5 Å². The van der Waals surface area contributed by atoms with Gasteiger partial charge in [-0.2, -0.15) is 8.78 Å². The number of hydrogen-bond donors (Lipinski definition) is 2. The first-order valence-corrected chi connectivity index (χ1v) is 7.00. The summed E-state index contributed by atoms with van der Waals surface area (Å²) in [6.45, 7) is 5.44. The molecule has 0 heterocycles. The number of ether oxygens (including phenoxy) is 2. The summed E-state index contributed by atoms with van der Waals surface area (Å²) in [4.78, 5) is 4.21. The normalized spacial score (nSPS) is 12.4. The molecule has 0 fully saturated rings. The maximum atomic E-state index is 12.3. The van der Waals surface area contributed by atoms with E-state index in [1.165, 1.54) is 6.07 Å². The molecule has 7 heteroatoms. The van der Waals surface area contributed by atoms with Gasteiger partial charge >= 0.3 is 6.61 Å². The van der Waals surface area contributed by atoms with E-state index in [9.17, 15) is 8.78 Å². The minimum Gasteiger partial charge on any atom is -0.490 e. The fourth-order valence-electron chi connectivity index (χ4n) is 1.71. The number of alkyl halides is 2. The van der Waals surface area contributed by atoms with Gasteiger partial charge in [0, 0.05) is 5.54 Å². The lowest BCUT2D eigenvalue weighted by Crippen LogP contribution is -2.44. The summed E-state index contributed by atoms with van der Waals surface area (Å²) in [7, 11) is 0. The van der Waals surface area contributed by atoms with Gasteiger partial charge in [0.2, 0.25) is 0 Å². The topological polar surface area (TPSA) is 68.9 Å². The van der Waals surface area contributed by atoms with Crippen LogP contribution in [0.25, 0.3) is 0 Å². The van der Waals surface area contributed by atoms with Gasteiger partial charge in [-0.05, 0) is 45.4 Å². The average Bonchev–Trinajstić information content (AvgIpc) is 2.37. The summed E-state index contributed by atoms with van der Waals surface area (Å²) < 4.78 is 34.4. The van der Waals surface area contributed by atoms with Crippen molar-refractivity contribution in [2.45, 2.75) is 46.4 Å². The molecule has 1 rings (SSSR count). The zero-order valence-electron chi connectivity index (χ0n) is 13.3. The molecule has 0 radical (unpaired) electrons. The molecule has 1 aromatic carbocycles. The molecule has 3 N–H and O–H groups in total. The number of nitrogens with one attached hydrogen (secondary N) is 1. The van der Waals surface area contributed by atoms with Crippen molar-refractivity contribution in [2.75, 3.05) is 6.61 Å². The van der Waals surface area contributed by atoms with Crippen LogP contribution >= 0.6 is 0 Å². The molecule has 0 saturated heterocycles. The van der Waals surface area contributed by atoms with Gasteiger partial charge in [0.15, 0.2) is 17.5 Å². The maximum Gasteiger partial charge on any atom is 0.387 e. The highest BCUT2D eigenvalue weighted by Crippen LogP contribution is 2.30. The third kappa shape index (κ3) is 6.60.